The number of carbonyl (C=O) groups excluding carboxylic acids is 3. The lowest BCUT2D eigenvalue weighted by Gasteiger charge is -2.12. The summed E-state index contributed by atoms with van der Waals surface area (Å²) in [5.74, 6) is -1.18. The van der Waals surface area contributed by atoms with Gasteiger partial charge in [0, 0.05) is 29.7 Å². The highest BCUT2D eigenvalue weighted by atomic mass is 32.2. The van der Waals surface area contributed by atoms with E-state index in [-0.39, 0.29) is 34.8 Å². The molecular weight excluding hydrogens is 539 g/mol. The largest absolute Gasteiger partial charge is 0.494 e. The van der Waals surface area contributed by atoms with Crippen LogP contribution in [0.2, 0.25) is 0 Å². The highest BCUT2D eigenvalue weighted by Crippen LogP contribution is 2.31. The third kappa shape index (κ3) is 8.30. The first kappa shape index (κ1) is 29.2. The molecule has 3 rings (SSSR count). The molecule has 0 heterocycles. The number of benzene rings is 3. The monoisotopic (exact) mass is 563 g/mol. The van der Waals surface area contributed by atoms with E-state index in [1.807, 2.05) is 11.6 Å². The van der Waals surface area contributed by atoms with Gasteiger partial charge in [-0.05, 0) is 67.6 Å². The van der Waals surface area contributed by atoms with Crippen molar-refractivity contribution in [2.45, 2.75) is 30.8 Å². The van der Waals surface area contributed by atoms with E-state index in [0.717, 1.165) is 30.3 Å². The maximum atomic E-state index is 12.9. The van der Waals surface area contributed by atoms with Gasteiger partial charge in [0.05, 0.1) is 17.1 Å². The Morgan fingerprint density at radius 2 is 1.54 bits per heavy atom. The summed E-state index contributed by atoms with van der Waals surface area (Å²) >= 11 is 0. The van der Waals surface area contributed by atoms with Crippen LogP contribution < -0.4 is 20.3 Å². The Hall–Kier alpha value is -4.39. The quantitative estimate of drug-likeness (QED) is 0.249. The summed E-state index contributed by atoms with van der Waals surface area (Å²) in [6, 6.07) is 14.8. The first-order valence-corrected chi connectivity index (χ1v) is 13.0. The summed E-state index contributed by atoms with van der Waals surface area (Å²) in [4.78, 5) is 36.4. The summed E-state index contributed by atoms with van der Waals surface area (Å²) < 4.78 is 71.5. The summed E-state index contributed by atoms with van der Waals surface area (Å²) in [6.45, 7) is 2.31. The topological polar surface area (TPSA) is 131 Å². The molecule has 0 aliphatic heterocycles. The van der Waals surface area contributed by atoms with Crippen LogP contribution in [-0.2, 0) is 21.0 Å². The van der Waals surface area contributed by atoms with Crippen LogP contribution in [0.4, 0.5) is 18.9 Å². The molecule has 0 bridgehead atoms. The molecular formula is C26H24F3N3O6S. The predicted octanol–water partition coefficient (Wildman–Crippen LogP) is 4.33. The van der Waals surface area contributed by atoms with Gasteiger partial charge in [-0.15, -0.1) is 0 Å². The van der Waals surface area contributed by atoms with Crippen LogP contribution in [0.25, 0.3) is 0 Å². The summed E-state index contributed by atoms with van der Waals surface area (Å²) in [5.41, 5.74) is 3.18. The van der Waals surface area contributed by atoms with E-state index < -0.39 is 33.6 Å². The Bertz CT molecular complexity index is 1460. The molecule has 3 aromatic rings. The van der Waals surface area contributed by atoms with Crippen molar-refractivity contribution in [3.8, 4) is 5.75 Å². The molecule has 206 valence electrons. The average molecular weight is 564 g/mol. The van der Waals surface area contributed by atoms with Crippen molar-refractivity contribution in [2.75, 3.05) is 11.3 Å². The third-order valence-corrected chi connectivity index (χ3v) is 6.61. The molecule has 13 heteroatoms. The molecule has 0 aliphatic rings. The lowest BCUT2D eigenvalue weighted by atomic mass is 10.1. The fourth-order valence-corrected chi connectivity index (χ4v) is 4.41. The van der Waals surface area contributed by atoms with Crippen molar-refractivity contribution >= 4 is 33.3 Å². The molecule has 3 aromatic carbocycles. The second-order valence-corrected chi connectivity index (χ2v) is 9.78. The average Bonchev–Trinajstić information content (AvgIpc) is 2.90. The Morgan fingerprint density at radius 1 is 0.846 bits per heavy atom. The van der Waals surface area contributed by atoms with Crippen molar-refractivity contribution in [2.24, 2.45) is 0 Å². The third-order valence-electron chi connectivity index (χ3n) is 5.23. The number of ketones is 1. The van der Waals surface area contributed by atoms with E-state index in [1.165, 1.54) is 12.1 Å². The van der Waals surface area contributed by atoms with Crippen molar-refractivity contribution < 1.29 is 40.7 Å². The molecule has 0 aromatic heterocycles. The predicted molar refractivity (Wildman–Crippen MR) is 135 cm³/mol. The molecule has 0 fully saturated rings. The number of Topliss-reactive ketones (excluding diaryl/α,β-unsaturated/α-hetero) is 1. The number of hydrogen-bond donors (Lipinski definition) is 3. The smallest absolute Gasteiger partial charge is 0.416 e. The Labute approximate surface area is 222 Å². The highest BCUT2D eigenvalue weighted by molar-refractivity contribution is 7.92. The van der Waals surface area contributed by atoms with Gasteiger partial charge in [0.2, 0.25) is 5.91 Å². The number of amides is 2. The van der Waals surface area contributed by atoms with Crippen molar-refractivity contribution in [1.82, 2.24) is 10.9 Å². The van der Waals surface area contributed by atoms with Crippen LogP contribution in [0, 0.1) is 0 Å². The minimum atomic E-state index is -4.66. The molecule has 0 radical (unpaired) electrons. The molecule has 0 aliphatic carbocycles. The number of hydrogen-bond acceptors (Lipinski definition) is 6. The van der Waals surface area contributed by atoms with Crippen molar-refractivity contribution in [1.29, 1.82) is 0 Å². The zero-order valence-corrected chi connectivity index (χ0v) is 21.4. The number of nitrogens with one attached hydrogen (secondary N) is 3. The summed E-state index contributed by atoms with van der Waals surface area (Å²) in [6.07, 6.45) is -5.00. The molecule has 0 saturated carbocycles. The number of hydrazine groups is 1. The summed E-state index contributed by atoms with van der Waals surface area (Å²) in [7, 11) is -4.34. The number of ether oxygens (including phenoxy) is 1. The van der Waals surface area contributed by atoms with E-state index >= 15 is 0 Å². The molecule has 0 atom stereocenters. The van der Waals surface area contributed by atoms with Gasteiger partial charge in [-0.2, -0.15) is 13.2 Å². The van der Waals surface area contributed by atoms with Gasteiger partial charge in [-0.1, -0.05) is 12.1 Å². The fourth-order valence-electron chi connectivity index (χ4n) is 3.31. The second kappa shape index (κ2) is 12.4. The van der Waals surface area contributed by atoms with E-state index in [1.54, 1.807) is 24.3 Å². The Balaban J connectivity index is 1.56. The van der Waals surface area contributed by atoms with Crippen molar-refractivity contribution in [3.05, 3.63) is 89.5 Å². The molecule has 3 N–H and O–H groups in total. The SMILES string of the molecule is CCOc1ccc(C(=O)CCC(=O)NNC(=O)c2cccc(S(=O)(=O)Nc3cccc(C(F)(F)F)c3)c2)cc1. The Kier molecular flexibility index (Phi) is 9.30. The van der Waals surface area contributed by atoms with Gasteiger partial charge in [0.1, 0.15) is 5.75 Å². The lowest BCUT2D eigenvalue weighted by molar-refractivity contribution is -0.137. The normalized spacial score (nSPS) is 11.4. The molecule has 0 spiro atoms. The van der Waals surface area contributed by atoms with Crippen molar-refractivity contribution in [3.63, 3.8) is 0 Å². The van der Waals surface area contributed by atoms with Gasteiger partial charge >= 0.3 is 6.18 Å². The van der Waals surface area contributed by atoms with E-state index in [2.05, 4.69) is 10.9 Å². The number of anilines is 1. The molecule has 39 heavy (non-hydrogen) atoms. The maximum absolute atomic E-state index is 12.9. The van der Waals surface area contributed by atoms with E-state index in [0.29, 0.717) is 24.0 Å². The molecule has 2 amide bonds. The van der Waals surface area contributed by atoms with Crippen LogP contribution >= 0.6 is 0 Å². The van der Waals surface area contributed by atoms with Gasteiger partial charge in [0.15, 0.2) is 5.78 Å². The first-order valence-electron chi connectivity index (χ1n) is 11.5. The highest BCUT2D eigenvalue weighted by Gasteiger charge is 2.30. The minimum absolute atomic E-state index is 0.120. The number of carbonyl (C=O) groups is 3. The van der Waals surface area contributed by atoms with Crippen LogP contribution in [0.5, 0.6) is 5.75 Å². The van der Waals surface area contributed by atoms with Gasteiger partial charge in [0.25, 0.3) is 15.9 Å². The van der Waals surface area contributed by atoms with Gasteiger partial charge in [-0.25, -0.2) is 8.42 Å². The number of alkyl halides is 3. The number of sulfonamides is 1. The van der Waals surface area contributed by atoms with Crippen LogP contribution in [0.3, 0.4) is 0 Å². The number of rotatable bonds is 10. The van der Waals surface area contributed by atoms with Crippen LogP contribution in [0.15, 0.2) is 77.7 Å². The number of halogens is 3. The minimum Gasteiger partial charge on any atom is -0.494 e. The lowest BCUT2D eigenvalue weighted by Crippen LogP contribution is -2.41. The zero-order valence-electron chi connectivity index (χ0n) is 20.5. The van der Waals surface area contributed by atoms with Crippen LogP contribution in [0.1, 0.15) is 46.0 Å². The Morgan fingerprint density at radius 3 is 2.21 bits per heavy atom. The first-order chi connectivity index (χ1) is 18.4. The summed E-state index contributed by atoms with van der Waals surface area (Å²) in [5, 5.41) is 0. The van der Waals surface area contributed by atoms with Crippen LogP contribution in [-0.4, -0.2) is 32.6 Å². The maximum Gasteiger partial charge on any atom is 0.416 e. The van der Waals surface area contributed by atoms with E-state index in [9.17, 15) is 36.0 Å². The zero-order chi connectivity index (χ0) is 28.6. The molecule has 0 saturated heterocycles. The second-order valence-electron chi connectivity index (χ2n) is 8.09. The van der Waals surface area contributed by atoms with Gasteiger partial charge < -0.3 is 4.74 Å². The molecule has 0 unspecified atom stereocenters. The van der Waals surface area contributed by atoms with E-state index in [4.69, 9.17) is 4.74 Å². The molecule has 9 nitrogen and oxygen atoms in total. The fraction of sp³-hybridized carbons (Fsp3) is 0.192. The standard InChI is InChI=1S/C26H24F3N3O6S/c1-2-38-21-11-9-17(10-12-21)23(33)13-14-24(34)30-31-25(35)18-5-3-8-22(15-18)39(36,37)32-20-7-4-6-19(16-20)26(27,28)29/h3-12,15-16,32H,2,13-14H2,1H3,(H,30,34)(H,31,35). The van der Waals surface area contributed by atoms with Gasteiger partial charge in [-0.3, -0.25) is 30.0 Å².